The lowest BCUT2D eigenvalue weighted by atomic mass is 10.0. The summed E-state index contributed by atoms with van der Waals surface area (Å²) in [6.07, 6.45) is 1.52. The van der Waals surface area contributed by atoms with Gasteiger partial charge in [-0.05, 0) is 36.1 Å². The highest BCUT2D eigenvalue weighted by Gasteiger charge is 2.20. The first-order valence-electron chi connectivity index (χ1n) is 7.28. The molecule has 1 unspecified atom stereocenters. The highest BCUT2D eigenvalue weighted by atomic mass is 32.1. The van der Waals surface area contributed by atoms with Crippen LogP contribution in [0.4, 0.5) is 0 Å². The average Bonchev–Trinajstić information content (AvgIpc) is 3.24. The molecule has 0 spiro atoms. The van der Waals surface area contributed by atoms with Crippen LogP contribution in [0, 0.1) is 6.92 Å². The smallest absolute Gasteiger partial charge is 0.262 e. The molecule has 0 aliphatic rings. The Labute approximate surface area is 138 Å². The Bertz CT molecular complexity index is 775. The van der Waals surface area contributed by atoms with Crippen molar-refractivity contribution in [3.8, 4) is 11.1 Å². The summed E-state index contributed by atoms with van der Waals surface area (Å²) in [7, 11) is 0. The van der Waals surface area contributed by atoms with Crippen molar-refractivity contribution in [2.45, 2.75) is 13.0 Å². The van der Waals surface area contributed by atoms with Gasteiger partial charge in [-0.2, -0.15) is 0 Å². The van der Waals surface area contributed by atoms with Gasteiger partial charge in [0.15, 0.2) is 0 Å². The van der Waals surface area contributed by atoms with E-state index < -0.39 is 6.04 Å². The van der Waals surface area contributed by atoms with E-state index in [9.17, 15) is 9.90 Å². The van der Waals surface area contributed by atoms with Gasteiger partial charge in [-0.1, -0.05) is 29.8 Å². The quantitative estimate of drug-likeness (QED) is 0.749. The maximum absolute atomic E-state index is 12.6. The van der Waals surface area contributed by atoms with Crippen molar-refractivity contribution in [1.29, 1.82) is 0 Å². The van der Waals surface area contributed by atoms with E-state index in [1.165, 1.54) is 23.2 Å². The van der Waals surface area contributed by atoms with Gasteiger partial charge in [-0.15, -0.1) is 11.3 Å². The molecule has 0 radical (unpaired) electrons. The molecule has 0 saturated carbocycles. The fourth-order valence-corrected chi connectivity index (χ4v) is 3.18. The summed E-state index contributed by atoms with van der Waals surface area (Å²) >= 11 is 1.38. The van der Waals surface area contributed by atoms with Crippen LogP contribution in [-0.2, 0) is 0 Å². The van der Waals surface area contributed by atoms with E-state index in [-0.39, 0.29) is 12.5 Å². The molecule has 2 aromatic heterocycles. The number of hydrogen-bond acceptors (Lipinski definition) is 4. The van der Waals surface area contributed by atoms with E-state index in [0.29, 0.717) is 10.6 Å². The summed E-state index contributed by atoms with van der Waals surface area (Å²) in [4.78, 5) is 13.2. The molecule has 0 aliphatic heterocycles. The van der Waals surface area contributed by atoms with Gasteiger partial charge in [0.1, 0.15) is 11.8 Å². The molecular weight excluding hydrogens is 310 g/mol. The first-order chi connectivity index (χ1) is 11.2. The zero-order valence-corrected chi connectivity index (χ0v) is 13.5. The van der Waals surface area contributed by atoms with Crippen molar-refractivity contribution < 1.29 is 14.3 Å². The molecule has 1 aromatic carbocycles. The van der Waals surface area contributed by atoms with E-state index in [1.807, 2.05) is 42.6 Å². The van der Waals surface area contributed by atoms with Gasteiger partial charge < -0.3 is 14.8 Å². The molecule has 3 rings (SSSR count). The first kappa shape index (κ1) is 15.5. The van der Waals surface area contributed by atoms with Crippen LogP contribution in [-0.4, -0.2) is 17.6 Å². The molecule has 4 nitrogen and oxygen atoms in total. The molecular formula is C18H17NO3S. The lowest BCUT2D eigenvalue weighted by molar-refractivity contribution is 0.0912. The van der Waals surface area contributed by atoms with Crippen molar-refractivity contribution in [3.63, 3.8) is 0 Å². The summed E-state index contributed by atoms with van der Waals surface area (Å²) in [6.45, 7) is 1.81. The highest BCUT2D eigenvalue weighted by molar-refractivity contribution is 7.12. The third kappa shape index (κ3) is 3.36. The summed E-state index contributed by atoms with van der Waals surface area (Å²) in [5.41, 5.74) is 3.07. The number of aryl methyl sites for hydroxylation is 1. The number of aliphatic hydroxyl groups is 1. The number of furan rings is 1. The largest absolute Gasteiger partial charge is 0.467 e. The molecule has 0 saturated heterocycles. The number of benzene rings is 1. The SMILES string of the molecule is Cc1ccc(-c2ccsc2C(=O)NC(CO)c2ccco2)cc1. The Hall–Kier alpha value is -2.37. The van der Waals surface area contributed by atoms with Crippen LogP contribution in [0.2, 0.25) is 0 Å². The van der Waals surface area contributed by atoms with Crippen LogP contribution in [0.15, 0.2) is 58.5 Å². The Morgan fingerprint density at radius 2 is 2.04 bits per heavy atom. The molecule has 2 N–H and O–H groups in total. The number of amides is 1. The van der Waals surface area contributed by atoms with E-state index >= 15 is 0 Å². The number of hydrogen-bond donors (Lipinski definition) is 2. The number of nitrogens with one attached hydrogen (secondary N) is 1. The van der Waals surface area contributed by atoms with E-state index in [2.05, 4.69) is 5.32 Å². The van der Waals surface area contributed by atoms with Gasteiger partial charge >= 0.3 is 0 Å². The predicted molar refractivity (Wildman–Crippen MR) is 90.5 cm³/mol. The third-order valence-corrected chi connectivity index (χ3v) is 4.52. The minimum absolute atomic E-state index is 0.217. The molecule has 1 amide bonds. The van der Waals surface area contributed by atoms with Gasteiger partial charge in [0.25, 0.3) is 5.91 Å². The van der Waals surface area contributed by atoms with Crippen LogP contribution < -0.4 is 5.32 Å². The normalized spacial score (nSPS) is 12.1. The highest BCUT2D eigenvalue weighted by Crippen LogP contribution is 2.29. The molecule has 3 aromatic rings. The Kier molecular flexibility index (Phi) is 4.60. The zero-order chi connectivity index (χ0) is 16.2. The topological polar surface area (TPSA) is 62.5 Å². The average molecular weight is 327 g/mol. The van der Waals surface area contributed by atoms with Crippen molar-refractivity contribution in [1.82, 2.24) is 5.32 Å². The minimum Gasteiger partial charge on any atom is -0.467 e. The standard InChI is InChI=1S/C18H17NO3S/c1-12-4-6-13(7-5-12)14-8-10-23-17(14)18(21)19-15(11-20)16-3-2-9-22-16/h2-10,15,20H,11H2,1H3,(H,19,21). The van der Waals surface area contributed by atoms with Gasteiger partial charge in [-0.25, -0.2) is 0 Å². The van der Waals surface area contributed by atoms with Crippen LogP contribution in [0.3, 0.4) is 0 Å². The summed E-state index contributed by atoms with van der Waals surface area (Å²) in [5.74, 6) is 0.320. The molecule has 0 aliphatic carbocycles. The van der Waals surface area contributed by atoms with Gasteiger partial charge in [-0.3, -0.25) is 4.79 Å². The maximum Gasteiger partial charge on any atom is 0.262 e. The summed E-state index contributed by atoms with van der Waals surface area (Å²) in [5, 5.41) is 14.2. The monoisotopic (exact) mass is 327 g/mol. The second-order valence-electron chi connectivity index (χ2n) is 5.25. The van der Waals surface area contributed by atoms with Crippen molar-refractivity contribution in [2.75, 3.05) is 6.61 Å². The van der Waals surface area contributed by atoms with E-state index in [0.717, 1.165) is 11.1 Å². The summed E-state index contributed by atoms with van der Waals surface area (Å²) < 4.78 is 5.26. The lowest BCUT2D eigenvalue weighted by Gasteiger charge is -2.14. The Morgan fingerprint density at radius 3 is 2.70 bits per heavy atom. The fraction of sp³-hybridized carbons (Fsp3) is 0.167. The first-order valence-corrected chi connectivity index (χ1v) is 8.16. The molecule has 1 atom stereocenters. The van der Waals surface area contributed by atoms with Gasteiger partial charge in [0, 0.05) is 5.56 Å². The minimum atomic E-state index is -0.550. The lowest BCUT2D eigenvalue weighted by Crippen LogP contribution is -2.30. The van der Waals surface area contributed by atoms with Gasteiger partial charge in [0.2, 0.25) is 0 Å². The third-order valence-electron chi connectivity index (χ3n) is 3.61. The number of thiophene rings is 1. The molecule has 23 heavy (non-hydrogen) atoms. The molecule has 2 heterocycles. The van der Waals surface area contributed by atoms with Crippen LogP contribution in [0.1, 0.15) is 27.0 Å². The Balaban J connectivity index is 1.83. The van der Waals surface area contributed by atoms with Crippen LogP contribution in [0.25, 0.3) is 11.1 Å². The number of rotatable bonds is 5. The van der Waals surface area contributed by atoms with E-state index in [1.54, 1.807) is 12.1 Å². The number of aliphatic hydroxyl groups excluding tert-OH is 1. The predicted octanol–water partition coefficient (Wildman–Crippen LogP) is 3.78. The van der Waals surface area contributed by atoms with Crippen LogP contribution in [0.5, 0.6) is 0 Å². The van der Waals surface area contributed by atoms with Crippen molar-refractivity contribution in [2.24, 2.45) is 0 Å². The second kappa shape index (κ2) is 6.81. The Morgan fingerprint density at radius 1 is 1.26 bits per heavy atom. The molecule has 5 heteroatoms. The molecule has 0 fully saturated rings. The second-order valence-corrected chi connectivity index (χ2v) is 6.17. The molecule has 118 valence electrons. The zero-order valence-electron chi connectivity index (χ0n) is 12.7. The fourth-order valence-electron chi connectivity index (χ4n) is 2.37. The summed E-state index contributed by atoms with van der Waals surface area (Å²) in [6, 6.07) is 12.9. The van der Waals surface area contributed by atoms with Crippen molar-refractivity contribution in [3.05, 3.63) is 70.3 Å². The van der Waals surface area contributed by atoms with Crippen LogP contribution >= 0.6 is 11.3 Å². The van der Waals surface area contributed by atoms with Gasteiger partial charge in [0.05, 0.1) is 17.7 Å². The van der Waals surface area contributed by atoms with Crippen molar-refractivity contribution >= 4 is 17.2 Å². The number of carbonyl (C=O) groups is 1. The number of carbonyl (C=O) groups excluding carboxylic acids is 1. The molecule has 0 bridgehead atoms. The maximum atomic E-state index is 12.6. The van der Waals surface area contributed by atoms with E-state index in [4.69, 9.17) is 4.42 Å².